The van der Waals surface area contributed by atoms with Gasteiger partial charge >= 0.3 is 7.98 Å². The zero-order valence-electron chi connectivity index (χ0n) is 6.21. The van der Waals surface area contributed by atoms with E-state index in [0.29, 0.717) is 0 Å². The highest BCUT2D eigenvalue weighted by molar-refractivity contribution is 5.98. The standard InChI is InChI=1S/C7H11BNO/c1-2-10-7-3-5-9(8)6-4-7/h3,6H,2,4-5H2,1H3/q+1. The Labute approximate surface area is 62.6 Å². The number of nitrogens with zero attached hydrogens (tertiary/aromatic N) is 1. The van der Waals surface area contributed by atoms with E-state index in [-0.39, 0.29) is 0 Å². The molecule has 0 aromatic rings. The highest BCUT2D eigenvalue weighted by Crippen LogP contribution is 2.03. The Bertz CT molecular complexity index is 174. The van der Waals surface area contributed by atoms with E-state index >= 15 is 0 Å². The van der Waals surface area contributed by atoms with E-state index in [4.69, 9.17) is 12.7 Å². The minimum absolute atomic E-state index is 0.740. The second-order valence-electron chi connectivity index (χ2n) is 2.19. The Morgan fingerprint density at radius 3 is 3.10 bits per heavy atom. The van der Waals surface area contributed by atoms with Gasteiger partial charge in [0.15, 0.2) is 0 Å². The highest BCUT2D eigenvalue weighted by atomic mass is 16.5. The lowest BCUT2D eigenvalue weighted by molar-refractivity contribution is -0.358. The molecule has 2 nitrogen and oxygen atoms in total. The van der Waals surface area contributed by atoms with Crippen LogP contribution in [0.1, 0.15) is 13.3 Å². The Morgan fingerprint density at radius 1 is 1.80 bits per heavy atom. The van der Waals surface area contributed by atoms with Crippen LogP contribution in [-0.4, -0.2) is 31.8 Å². The van der Waals surface area contributed by atoms with Crippen LogP contribution < -0.4 is 0 Å². The van der Waals surface area contributed by atoms with Crippen molar-refractivity contribution in [2.24, 2.45) is 0 Å². The van der Waals surface area contributed by atoms with E-state index in [1.165, 1.54) is 0 Å². The third kappa shape index (κ3) is 1.90. The molecule has 52 valence electrons. The van der Waals surface area contributed by atoms with Crippen LogP contribution in [0.5, 0.6) is 0 Å². The van der Waals surface area contributed by atoms with Gasteiger partial charge in [0, 0.05) is 6.08 Å². The third-order valence-corrected chi connectivity index (χ3v) is 1.39. The van der Waals surface area contributed by atoms with Crippen molar-refractivity contribution >= 4 is 14.2 Å². The summed E-state index contributed by atoms with van der Waals surface area (Å²) in [5.74, 6) is 1.03. The van der Waals surface area contributed by atoms with Crippen molar-refractivity contribution in [1.29, 1.82) is 0 Å². The molecule has 1 rings (SSSR count). The van der Waals surface area contributed by atoms with Gasteiger partial charge in [-0.15, -0.1) is 0 Å². The Hall–Kier alpha value is -0.725. The van der Waals surface area contributed by atoms with E-state index in [2.05, 4.69) is 0 Å². The summed E-state index contributed by atoms with van der Waals surface area (Å²) in [4.78, 5) is 0. The lowest BCUT2D eigenvalue weighted by atomic mass is 10.2. The first kappa shape index (κ1) is 7.38. The molecule has 10 heavy (non-hydrogen) atoms. The highest BCUT2D eigenvalue weighted by Gasteiger charge is 2.06. The fourth-order valence-corrected chi connectivity index (χ4v) is 0.876. The molecule has 3 heteroatoms. The van der Waals surface area contributed by atoms with Gasteiger partial charge < -0.3 is 9.22 Å². The number of allylic oxidation sites excluding steroid dienone is 1. The smallest absolute Gasteiger partial charge is 0.498 e. The van der Waals surface area contributed by atoms with Gasteiger partial charge in [0.2, 0.25) is 0 Å². The fraction of sp³-hybridized carbons (Fsp3) is 0.571. The lowest BCUT2D eigenvalue weighted by Gasteiger charge is -2.08. The van der Waals surface area contributed by atoms with Crippen LogP contribution in [0.2, 0.25) is 0 Å². The van der Waals surface area contributed by atoms with E-state index in [9.17, 15) is 0 Å². The van der Waals surface area contributed by atoms with E-state index in [0.717, 1.165) is 25.3 Å². The lowest BCUT2D eigenvalue weighted by Crippen LogP contribution is -2.15. The van der Waals surface area contributed by atoms with Crippen LogP contribution in [0.3, 0.4) is 0 Å². The van der Waals surface area contributed by atoms with Gasteiger partial charge in [-0.1, -0.05) is 0 Å². The van der Waals surface area contributed by atoms with Crippen molar-refractivity contribution in [3.63, 3.8) is 0 Å². The monoisotopic (exact) mass is 136 g/mol. The molecule has 0 saturated heterocycles. The normalized spacial score (nSPS) is 17.7. The molecule has 1 heterocycles. The molecule has 1 aliphatic heterocycles. The average Bonchev–Trinajstić information content (AvgIpc) is 1.95. The van der Waals surface area contributed by atoms with E-state index in [1.54, 1.807) is 4.49 Å². The molecule has 0 bridgehead atoms. The largest absolute Gasteiger partial charge is 0.580 e. The molecule has 0 aromatic carbocycles. The fourth-order valence-electron chi connectivity index (χ4n) is 0.876. The molecule has 0 amide bonds. The number of rotatable bonds is 2. The van der Waals surface area contributed by atoms with E-state index in [1.807, 2.05) is 19.2 Å². The number of hydrogen-bond donors (Lipinski definition) is 0. The minimum atomic E-state index is 0.740. The summed E-state index contributed by atoms with van der Waals surface area (Å²) in [5, 5.41) is 0. The van der Waals surface area contributed by atoms with Crippen LogP contribution in [0.15, 0.2) is 11.8 Å². The maximum Gasteiger partial charge on any atom is 0.580 e. The topological polar surface area (TPSA) is 12.2 Å². The number of ether oxygens (including phenoxy) is 1. The molecule has 2 radical (unpaired) electrons. The summed E-state index contributed by atoms with van der Waals surface area (Å²) in [7, 11) is 5.47. The summed E-state index contributed by atoms with van der Waals surface area (Å²) >= 11 is 0. The molecule has 0 saturated carbocycles. The van der Waals surface area contributed by atoms with Crippen LogP contribution in [0.25, 0.3) is 0 Å². The summed E-state index contributed by atoms with van der Waals surface area (Å²) in [6.07, 6.45) is 4.75. The van der Waals surface area contributed by atoms with Crippen LogP contribution in [-0.2, 0) is 4.74 Å². The maximum absolute atomic E-state index is 5.47. The predicted molar refractivity (Wildman–Crippen MR) is 41.3 cm³/mol. The van der Waals surface area contributed by atoms with Gasteiger partial charge in [0.1, 0.15) is 18.5 Å². The zero-order valence-corrected chi connectivity index (χ0v) is 6.21. The Balaban J connectivity index is 2.38. The van der Waals surface area contributed by atoms with Gasteiger partial charge in [-0.25, -0.2) is 0 Å². The molecule has 0 N–H and O–H groups in total. The third-order valence-electron chi connectivity index (χ3n) is 1.39. The van der Waals surface area contributed by atoms with Gasteiger partial charge in [0.05, 0.1) is 13.0 Å². The van der Waals surface area contributed by atoms with Crippen molar-refractivity contribution in [2.45, 2.75) is 13.3 Å². The first-order valence-electron chi connectivity index (χ1n) is 3.49. The SMILES string of the molecule is [B][N+]1=CCC(OCC)=CC1. The molecule has 0 atom stereocenters. The predicted octanol–water partition coefficient (Wildman–Crippen LogP) is 0.477. The van der Waals surface area contributed by atoms with Crippen molar-refractivity contribution in [3.8, 4) is 0 Å². The Morgan fingerprint density at radius 2 is 2.60 bits per heavy atom. The quantitative estimate of drug-likeness (QED) is 0.502. The molecule has 0 aromatic heterocycles. The van der Waals surface area contributed by atoms with Gasteiger partial charge in [-0.2, -0.15) is 0 Å². The first-order valence-corrected chi connectivity index (χ1v) is 3.49. The van der Waals surface area contributed by atoms with Gasteiger partial charge in [-0.05, 0) is 6.92 Å². The summed E-state index contributed by atoms with van der Waals surface area (Å²) < 4.78 is 6.93. The number of hydrogen-bond acceptors (Lipinski definition) is 1. The van der Waals surface area contributed by atoms with Crippen molar-refractivity contribution in [1.82, 2.24) is 0 Å². The molecule has 0 unspecified atom stereocenters. The van der Waals surface area contributed by atoms with E-state index < -0.39 is 0 Å². The van der Waals surface area contributed by atoms with Crippen LogP contribution >= 0.6 is 0 Å². The molecular weight excluding hydrogens is 125 g/mol. The second kappa shape index (κ2) is 3.45. The van der Waals surface area contributed by atoms with Crippen molar-refractivity contribution in [2.75, 3.05) is 13.2 Å². The maximum atomic E-state index is 5.47. The second-order valence-corrected chi connectivity index (χ2v) is 2.19. The minimum Gasteiger partial charge on any atom is -0.498 e. The van der Waals surface area contributed by atoms with Crippen molar-refractivity contribution < 1.29 is 9.22 Å². The first-order chi connectivity index (χ1) is 4.83. The molecule has 1 aliphatic rings. The van der Waals surface area contributed by atoms with Crippen molar-refractivity contribution in [3.05, 3.63) is 11.8 Å². The van der Waals surface area contributed by atoms with Gasteiger partial charge in [0.25, 0.3) is 0 Å². The Kier molecular flexibility index (Phi) is 2.54. The molecular formula is C7H11BNO+. The van der Waals surface area contributed by atoms with Gasteiger partial charge in [-0.3, -0.25) is 0 Å². The summed E-state index contributed by atoms with van der Waals surface area (Å²) in [6.45, 7) is 3.48. The van der Waals surface area contributed by atoms with Crippen LogP contribution in [0.4, 0.5) is 0 Å². The molecule has 0 spiro atoms. The molecule has 0 aliphatic carbocycles. The summed E-state index contributed by atoms with van der Waals surface area (Å²) in [5.41, 5.74) is 0. The summed E-state index contributed by atoms with van der Waals surface area (Å²) in [6, 6.07) is 0. The average molecular weight is 136 g/mol. The molecule has 0 fully saturated rings. The zero-order chi connectivity index (χ0) is 7.40. The van der Waals surface area contributed by atoms with Crippen LogP contribution in [0, 0.1) is 0 Å².